The minimum atomic E-state index is -0.669. The van der Waals surface area contributed by atoms with Crippen LogP contribution in [0, 0.1) is 12.7 Å². The van der Waals surface area contributed by atoms with Crippen molar-refractivity contribution in [3.8, 4) is 0 Å². The number of hydrogen-bond donors (Lipinski definition) is 1. The maximum Gasteiger partial charge on any atom is 0.260 e. The summed E-state index contributed by atoms with van der Waals surface area (Å²) in [6.45, 7) is 1.77. The summed E-state index contributed by atoms with van der Waals surface area (Å²) in [5.41, 5.74) is 0.945. The molecule has 5 nitrogen and oxygen atoms in total. The van der Waals surface area contributed by atoms with Crippen molar-refractivity contribution >= 4 is 28.8 Å². The number of carbonyl (C=O) groups excluding carboxylic acids is 1. The largest absolute Gasteiger partial charge is 0.320 e. The number of anilines is 1. The third-order valence-electron chi connectivity index (χ3n) is 2.88. The lowest BCUT2D eigenvalue weighted by Crippen LogP contribution is -2.14. The number of fused-ring (bicyclic) bond motifs is 1. The van der Waals surface area contributed by atoms with Gasteiger partial charge in [0.2, 0.25) is 0 Å². The second-order valence-electron chi connectivity index (χ2n) is 4.43. The summed E-state index contributed by atoms with van der Waals surface area (Å²) >= 11 is 5.86. The fourth-order valence-corrected chi connectivity index (χ4v) is 2.23. The smallest absolute Gasteiger partial charge is 0.260 e. The summed E-state index contributed by atoms with van der Waals surface area (Å²) in [5, 5.41) is 6.79. The molecule has 0 spiro atoms. The Kier molecular flexibility index (Phi) is 3.31. The number of pyridine rings is 1. The van der Waals surface area contributed by atoms with E-state index in [1.54, 1.807) is 25.3 Å². The summed E-state index contributed by atoms with van der Waals surface area (Å²) in [5.74, 6) is -0.664. The molecular formula is C14H10ClFN4O. The molecule has 3 aromatic rings. The number of nitrogens with one attached hydrogen (secondary N) is 1. The number of aromatic nitrogens is 3. The van der Waals surface area contributed by atoms with Crippen molar-refractivity contribution < 1.29 is 9.18 Å². The van der Waals surface area contributed by atoms with Crippen LogP contribution in [0.15, 0.2) is 36.5 Å². The molecule has 106 valence electrons. The van der Waals surface area contributed by atoms with Crippen molar-refractivity contribution in [1.82, 2.24) is 14.6 Å². The van der Waals surface area contributed by atoms with Gasteiger partial charge in [0.1, 0.15) is 11.6 Å². The highest BCUT2D eigenvalue weighted by Gasteiger charge is 2.16. The Bertz CT molecular complexity index is 826. The average Bonchev–Trinajstić information content (AvgIpc) is 2.77. The molecule has 7 heteroatoms. The Hall–Kier alpha value is -2.47. The molecule has 0 bridgehead atoms. The van der Waals surface area contributed by atoms with Crippen LogP contribution in [0.5, 0.6) is 0 Å². The number of amides is 1. The first-order valence-electron chi connectivity index (χ1n) is 6.13. The molecule has 2 heterocycles. The Morgan fingerprint density at radius 1 is 1.33 bits per heavy atom. The number of aryl methyl sites for hydroxylation is 1. The fourth-order valence-electron chi connectivity index (χ4n) is 1.98. The molecule has 0 saturated heterocycles. The fraction of sp³-hybridized carbons (Fsp3) is 0.0714. The van der Waals surface area contributed by atoms with E-state index in [0.717, 1.165) is 0 Å². The number of halogens is 2. The minimum Gasteiger partial charge on any atom is -0.320 e. The Morgan fingerprint density at radius 3 is 2.90 bits per heavy atom. The summed E-state index contributed by atoms with van der Waals surface area (Å²) in [6.07, 6.45) is 1.60. The van der Waals surface area contributed by atoms with Gasteiger partial charge in [0.05, 0.1) is 22.5 Å². The average molecular weight is 305 g/mol. The van der Waals surface area contributed by atoms with Gasteiger partial charge >= 0.3 is 0 Å². The summed E-state index contributed by atoms with van der Waals surface area (Å²) in [7, 11) is 0. The van der Waals surface area contributed by atoms with E-state index >= 15 is 0 Å². The number of benzene rings is 1. The van der Waals surface area contributed by atoms with Crippen LogP contribution in [-0.2, 0) is 0 Å². The molecule has 0 unspecified atom stereocenters. The number of hydrogen-bond acceptors (Lipinski definition) is 3. The molecule has 0 aliphatic carbocycles. The number of rotatable bonds is 2. The molecular weight excluding hydrogens is 295 g/mol. The van der Waals surface area contributed by atoms with E-state index in [4.69, 9.17) is 11.6 Å². The van der Waals surface area contributed by atoms with E-state index in [1.807, 2.05) is 0 Å². The van der Waals surface area contributed by atoms with Crippen LogP contribution in [0.4, 0.5) is 10.1 Å². The van der Waals surface area contributed by atoms with Crippen LogP contribution in [0.1, 0.15) is 16.2 Å². The molecule has 1 N–H and O–H groups in total. The Balaban J connectivity index is 1.92. The standard InChI is InChI=1S/C14H10ClFN4O/c1-8-17-12-6-5-9(7-20(12)19-8)18-14(21)13-10(15)3-2-4-11(13)16/h2-7H,1H3,(H,18,21). The van der Waals surface area contributed by atoms with E-state index in [-0.39, 0.29) is 10.6 Å². The first-order chi connectivity index (χ1) is 10.0. The van der Waals surface area contributed by atoms with Gasteiger partial charge in [-0.2, -0.15) is 5.10 Å². The van der Waals surface area contributed by atoms with Gasteiger partial charge in [-0.25, -0.2) is 13.9 Å². The third kappa shape index (κ3) is 2.57. The Morgan fingerprint density at radius 2 is 2.14 bits per heavy atom. The molecule has 0 fully saturated rings. The van der Waals surface area contributed by atoms with Crippen molar-refractivity contribution in [2.45, 2.75) is 6.92 Å². The highest BCUT2D eigenvalue weighted by Crippen LogP contribution is 2.20. The molecule has 1 amide bonds. The zero-order valence-electron chi connectivity index (χ0n) is 11.0. The van der Waals surface area contributed by atoms with Crippen LogP contribution < -0.4 is 5.32 Å². The monoisotopic (exact) mass is 304 g/mol. The van der Waals surface area contributed by atoms with Crippen LogP contribution in [-0.4, -0.2) is 20.5 Å². The maximum absolute atomic E-state index is 13.7. The first kappa shape index (κ1) is 13.5. The lowest BCUT2D eigenvalue weighted by Gasteiger charge is -2.07. The first-order valence-corrected chi connectivity index (χ1v) is 6.51. The highest BCUT2D eigenvalue weighted by atomic mass is 35.5. The number of nitrogens with zero attached hydrogens (tertiary/aromatic N) is 3. The summed E-state index contributed by atoms with van der Waals surface area (Å²) < 4.78 is 15.2. The van der Waals surface area contributed by atoms with Gasteiger partial charge in [-0.1, -0.05) is 17.7 Å². The highest BCUT2D eigenvalue weighted by molar-refractivity contribution is 6.34. The second kappa shape index (κ2) is 5.14. The maximum atomic E-state index is 13.7. The van der Waals surface area contributed by atoms with Gasteiger partial charge in [-0.15, -0.1) is 0 Å². The topological polar surface area (TPSA) is 59.3 Å². The van der Waals surface area contributed by atoms with Crippen LogP contribution in [0.2, 0.25) is 5.02 Å². The molecule has 1 aromatic carbocycles. The van der Waals surface area contributed by atoms with Crippen molar-refractivity contribution in [3.05, 3.63) is 58.8 Å². The summed E-state index contributed by atoms with van der Waals surface area (Å²) in [6, 6.07) is 7.46. The summed E-state index contributed by atoms with van der Waals surface area (Å²) in [4.78, 5) is 16.3. The van der Waals surface area contributed by atoms with Crippen molar-refractivity contribution in [2.24, 2.45) is 0 Å². The van der Waals surface area contributed by atoms with E-state index in [2.05, 4.69) is 15.4 Å². The van der Waals surface area contributed by atoms with Crippen LogP contribution in [0.3, 0.4) is 0 Å². The molecule has 0 aliphatic heterocycles. The molecule has 3 rings (SSSR count). The van der Waals surface area contributed by atoms with Gasteiger partial charge in [0.15, 0.2) is 5.65 Å². The molecule has 0 saturated carbocycles. The van der Waals surface area contributed by atoms with Gasteiger partial charge in [-0.05, 0) is 31.2 Å². The predicted molar refractivity (Wildman–Crippen MR) is 77.1 cm³/mol. The zero-order chi connectivity index (χ0) is 15.0. The third-order valence-corrected chi connectivity index (χ3v) is 3.20. The van der Waals surface area contributed by atoms with E-state index in [9.17, 15) is 9.18 Å². The predicted octanol–water partition coefficient (Wildman–Crippen LogP) is 3.08. The van der Waals surface area contributed by atoms with Gasteiger partial charge in [0.25, 0.3) is 5.91 Å². The Labute approximate surface area is 124 Å². The normalized spacial score (nSPS) is 10.8. The van der Waals surface area contributed by atoms with Gasteiger partial charge in [0, 0.05) is 0 Å². The molecule has 2 aromatic heterocycles. The lowest BCUT2D eigenvalue weighted by molar-refractivity contribution is 0.102. The van der Waals surface area contributed by atoms with Crippen molar-refractivity contribution in [2.75, 3.05) is 5.32 Å². The quantitative estimate of drug-likeness (QED) is 0.791. The number of carbonyl (C=O) groups is 1. The molecule has 0 radical (unpaired) electrons. The lowest BCUT2D eigenvalue weighted by atomic mass is 10.2. The molecule has 21 heavy (non-hydrogen) atoms. The van der Waals surface area contributed by atoms with Gasteiger partial charge < -0.3 is 5.32 Å². The van der Waals surface area contributed by atoms with E-state index in [0.29, 0.717) is 17.2 Å². The van der Waals surface area contributed by atoms with Crippen LogP contribution in [0.25, 0.3) is 5.65 Å². The van der Waals surface area contributed by atoms with Crippen molar-refractivity contribution in [3.63, 3.8) is 0 Å². The SMILES string of the molecule is Cc1nc2ccc(NC(=O)c3c(F)cccc3Cl)cn2n1. The van der Waals surface area contributed by atoms with Crippen molar-refractivity contribution in [1.29, 1.82) is 0 Å². The zero-order valence-corrected chi connectivity index (χ0v) is 11.7. The molecule has 0 atom stereocenters. The minimum absolute atomic E-state index is 0.0604. The molecule has 0 aliphatic rings. The van der Waals surface area contributed by atoms with Gasteiger partial charge in [-0.3, -0.25) is 4.79 Å². The van der Waals surface area contributed by atoms with Crippen LogP contribution >= 0.6 is 11.6 Å². The second-order valence-corrected chi connectivity index (χ2v) is 4.84. The van der Waals surface area contributed by atoms with E-state index in [1.165, 1.54) is 22.7 Å². The van der Waals surface area contributed by atoms with E-state index < -0.39 is 11.7 Å².